The van der Waals surface area contributed by atoms with E-state index in [1.54, 1.807) is 6.08 Å². The van der Waals surface area contributed by atoms with Crippen LogP contribution in [0.3, 0.4) is 0 Å². The van der Waals surface area contributed by atoms with Crippen molar-refractivity contribution in [3.63, 3.8) is 0 Å². The molecule has 0 aromatic rings. The Morgan fingerprint density at radius 2 is 1.93 bits per heavy atom. The lowest BCUT2D eigenvalue weighted by Gasteiger charge is -2.33. The van der Waals surface area contributed by atoms with Gasteiger partial charge in [-0.2, -0.15) is 0 Å². The lowest BCUT2D eigenvalue weighted by molar-refractivity contribution is 0.290. The van der Waals surface area contributed by atoms with Crippen molar-refractivity contribution in [2.45, 2.75) is 97.6 Å². The number of hydrogen-bond donors (Lipinski definition) is 1. The second-order valence-electron chi connectivity index (χ2n) is 8.88. The van der Waals surface area contributed by atoms with Gasteiger partial charge in [0, 0.05) is 17.6 Å². The van der Waals surface area contributed by atoms with Crippen molar-refractivity contribution in [3.8, 4) is 0 Å². The van der Waals surface area contributed by atoms with E-state index >= 15 is 0 Å². The van der Waals surface area contributed by atoms with Crippen LogP contribution in [0.4, 0.5) is 0 Å². The van der Waals surface area contributed by atoms with Crippen LogP contribution in [-0.2, 0) is 0 Å². The number of nitrogens with one attached hydrogen (secondary N) is 1. The molecule has 0 aliphatic heterocycles. The van der Waals surface area contributed by atoms with Crippen LogP contribution in [0.5, 0.6) is 0 Å². The van der Waals surface area contributed by atoms with Crippen LogP contribution in [0.25, 0.3) is 0 Å². The Hall–Kier alpha value is -1.12. The van der Waals surface area contributed by atoms with Crippen LogP contribution in [0.1, 0.15) is 86.0 Å². The lowest BCUT2D eigenvalue weighted by atomic mass is 9.89. The number of halogens is 1. The van der Waals surface area contributed by atoms with E-state index in [-0.39, 0.29) is 5.54 Å². The van der Waals surface area contributed by atoms with E-state index in [1.807, 2.05) is 13.1 Å². The highest BCUT2D eigenvalue weighted by molar-refractivity contribution is 6.31. The fraction of sp³-hybridized carbons (Fsp3) is 0.654. The maximum atomic E-state index is 6.27. The van der Waals surface area contributed by atoms with Crippen LogP contribution in [0, 0.1) is 5.41 Å². The van der Waals surface area contributed by atoms with E-state index in [2.05, 4.69) is 63.9 Å². The third-order valence-electron chi connectivity index (χ3n) is 5.92. The fourth-order valence-electron chi connectivity index (χ4n) is 3.92. The first-order valence-corrected chi connectivity index (χ1v) is 11.8. The van der Waals surface area contributed by atoms with Gasteiger partial charge in [-0.3, -0.25) is 4.99 Å². The normalized spacial score (nSPS) is 18.6. The fourth-order valence-corrected chi connectivity index (χ4v) is 4.04. The Bertz CT molecular complexity index is 606. The van der Waals surface area contributed by atoms with Crippen LogP contribution in [-0.4, -0.2) is 24.3 Å². The van der Waals surface area contributed by atoms with Gasteiger partial charge in [0.2, 0.25) is 0 Å². The van der Waals surface area contributed by atoms with E-state index in [4.69, 9.17) is 16.6 Å². The summed E-state index contributed by atoms with van der Waals surface area (Å²) in [6.45, 7) is 15.9. The first-order chi connectivity index (χ1) is 13.8. The highest BCUT2D eigenvalue weighted by Gasteiger charge is 2.42. The molecule has 0 aromatic carbocycles. The van der Waals surface area contributed by atoms with Crippen molar-refractivity contribution >= 4 is 17.8 Å². The van der Waals surface area contributed by atoms with Gasteiger partial charge in [-0.15, -0.1) is 0 Å². The van der Waals surface area contributed by atoms with E-state index in [0.29, 0.717) is 16.5 Å². The zero-order chi connectivity index (χ0) is 21.8. The Balaban J connectivity index is 2.65. The smallest absolute Gasteiger partial charge is 0.0700 e. The number of allylic oxidation sites excluding steroid dienone is 7. The van der Waals surface area contributed by atoms with E-state index < -0.39 is 0 Å². The molecule has 0 heterocycles. The van der Waals surface area contributed by atoms with Crippen molar-refractivity contribution in [3.05, 3.63) is 47.6 Å². The van der Waals surface area contributed by atoms with E-state index in [1.165, 1.54) is 25.7 Å². The maximum absolute atomic E-state index is 6.27. The second kappa shape index (κ2) is 13.2. The average Bonchev–Trinajstić information content (AvgIpc) is 3.45. The predicted octanol–water partition coefficient (Wildman–Crippen LogP) is 7.77. The molecule has 164 valence electrons. The van der Waals surface area contributed by atoms with E-state index in [9.17, 15) is 0 Å². The molecule has 29 heavy (non-hydrogen) atoms. The molecule has 1 N–H and O–H groups in total. The maximum Gasteiger partial charge on any atom is 0.0700 e. The summed E-state index contributed by atoms with van der Waals surface area (Å²) in [5, 5.41) is 4.60. The minimum absolute atomic E-state index is 0.0815. The van der Waals surface area contributed by atoms with Crippen molar-refractivity contribution in [2.24, 2.45) is 10.4 Å². The minimum Gasteiger partial charge on any atom is -0.311 e. The van der Waals surface area contributed by atoms with Crippen LogP contribution in [0.15, 0.2) is 52.6 Å². The molecule has 1 saturated carbocycles. The number of hydrogen-bond acceptors (Lipinski definition) is 2. The summed E-state index contributed by atoms with van der Waals surface area (Å²) in [6, 6.07) is 0.396. The summed E-state index contributed by atoms with van der Waals surface area (Å²) in [7, 11) is 0. The number of aliphatic imine (C=N–C) groups is 1. The summed E-state index contributed by atoms with van der Waals surface area (Å²) >= 11 is 6.27. The summed E-state index contributed by atoms with van der Waals surface area (Å²) < 4.78 is 0. The number of unbranched alkanes of at least 4 members (excludes halogenated alkanes) is 1. The number of rotatable bonds is 15. The Labute approximate surface area is 185 Å². The summed E-state index contributed by atoms with van der Waals surface area (Å²) in [5.74, 6) is 0. The monoisotopic (exact) mass is 418 g/mol. The molecule has 1 rings (SSSR count). The number of nitrogens with zero attached hydrogens (tertiary/aromatic N) is 1. The summed E-state index contributed by atoms with van der Waals surface area (Å²) in [6.07, 6.45) is 21.9. The highest BCUT2D eigenvalue weighted by atomic mass is 35.5. The quantitative estimate of drug-likeness (QED) is 0.164. The first kappa shape index (κ1) is 25.9. The zero-order valence-corrected chi connectivity index (χ0v) is 20.2. The van der Waals surface area contributed by atoms with Gasteiger partial charge in [0.1, 0.15) is 0 Å². The van der Waals surface area contributed by atoms with Crippen LogP contribution in [0.2, 0.25) is 0 Å². The molecule has 0 spiro atoms. The largest absolute Gasteiger partial charge is 0.311 e. The van der Waals surface area contributed by atoms with Crippen LogP contribution < -0.4 is 5.32 Å². The third-order valence-corrected chi connectivity index (χ3v) is 6.30. The van der Waals surface area contributed by atoms with Gasteiger partial charge >= 0.3 is 0 Å². The molecule has 2 nitrogen and oxygen atoms in total. The van der Waals surface area contributed by atoms with Crippen molar-refractivity contribution in [2.75, 3.05) is 6.54 Å². The van der Waals surface area contributed by atoms with Gasteiger partial charge in [0.25, 0.3) is 0 Å². The Morgan fingerprint density at radius 1 is 1.24 bits per heavy atom. The summed E-state index contributed by atoms with van der Waals surface area (Å²) in [4.78, 5) is 4.77. The topological polar surface area (TPSA) is 24.4 Å². The molecular weight excluding hydrogens is 376 g/mol. The van der Waals surface area contributed by atoms with Gasteiger partial charge in [-0.25, -0.2) is 0 Å². The van der Waals surface area contributed by atoms with Gasteiger partial charge < -0.3 is 5.32 Å². The molecule has 1 aliphatic rings. The highest BCUT2D eigenvalue weighted by Crippen LogP contribution is 2.49. The van der Waals surface area contributed by atoms with Gasteiger partial charge in [0.05, 0.1) is 5.54 Å². The first-order valence-electron chi connectivity index (χ1n) is 11.4. The Kier molecular flexibility index (Phi) is 11.8. The van der Waals surface area contributed by atoms with Gasteiger partial charge in [-0.05, 0) is 82.9 Å². The average molecular weight is 419 g/mol. The third kappa shape index (κ3) is 9.49. The molecule has 3 heteroatoms. The molecule has 1 atom stereocenters. The zero-order valence-electron chi connectivity index (χ0n) is 19.4. The molecule has 0 amide bonds. The second-order valence-corrected chi connectivity index (χ2v) is 9.28. The van der Waals surface area contributed by atoms with Gasteiger partial charge in [0.15, 0.2) is 0 Å². The van der Waals surface area contributed by atoms with Crippen molar-refractivity contribution in [1.29, 1.82) is 0 Å². The molecular formula is C26H43ClN2. The molecule has 0 aromatic heterocycles. The van der Waals surface area contributed by atoms with Crippen molar-refractivity contribution < 1.29 is 0 Å². The SMILES string of the molecule is C=C/C(Cl)=C(C=CCC)\C=C/CCCC(NCC1(CCC)CC1)C(C)(C)N=CC. The van der Waals surface area contributed by atoms with Crippen molar-refractivity contribution in [1.82, 2.24) is 5.32 Å². The minimum atomic E-state index is -0.0815. The molecule has 1 fully saturated rings. The van der Waals surface area contributed by atoms with E-state index in [0.717, 1.165) is 37.8 Å². The molecule has 1 aliphatic carbocycles. The standard InChI is InChI=1S/C26H43ClN2/c1-7-11-15-22(23(27)9-3)16-13-12-14-17-24(25(5,6)29-10-4)28-21-26(18-8-2)19-20-26/h9-11,13,15-16,24,28H,3,7-8,12,14,17-21H2,1-2,4-6H3/b15-11?,16-13-,23-22+,29-10?. The Morgan fingerprint density at radius 3 is 2.48 bits per heavy atom. The van der Waals surface area contributed by atoms with Gasteiger partial charge in [-0.1, -0.05) is 68.8 Å². The molecule has 1 unspecified atom stereocenters. The molecule has 0 bridgehead atoms. The molecule has 0 saturated heterocycles. The predicted molar refractivity (Wildman–Crippen MR) is 132 cm³/mol. The molecule has 0 radical (unpaired) electrons. The van der Waals surface area contributed by atoms with Crippen LogP contribution >= 0.6 is 11.6 Å². The summed E-state index contributed by atoms with van der Waals surface area (Å²) in [5.41, 5.74) is 1.51. The lowest BCUT2D eigenvalue weighted by Crippen LogP contribution is -2.47.